The first-order valence-corrected chi connectivity index (χ1v) is 5.78. The number of nitrogens with two attached hydrogens (primary N) is 1. The van der Waals surface area contributed by atoms with Gasteiger partial charge in [-0.1, -0.05) is 30.3 Å². The van der Waals surface area contributed by atoms with Crippen LogP contribution in [0.4, 0.5) is 0 Å². The Kier molecular flexibility index (Phi) is 4.66. The maximum Gasteiger partial charge on any atom is 0.244 e. The Morgan fingerprint density at radius 3 is 2.53 bits per heavy atom. The summed E-state index contributed by atoms with van der Waals surface area (Å²) in [6.45, 7) is 4.29. The Morgan fingerprint density at radius 1 is 1.41 bits per heavy atom. The van der Waals surface area contributed by atoms with E-state index in [0.717, 1.165) is 5.56 Å². The van der Waals surface area contributed by atoms with Gasteiger partial charge in [0, 0.05) is 12.6 Å². The molecule has 1 rings (SSSR count). The quantitative estimate of drug-likeness (QED) is 0.699. The van der Waals surface area contributed by atoms with Crippen molar-refractivity contribution in [3.63, 3.8) is 0 Å². The van der Waals surface area contributed by atoms with Crippen molar-refractivity contribution in [2.45, 2.75) is 25.4 Å². The van der Waals surface area contributed by atoms with E-state index in [1.807, 2.05) is 44.3 Å². The molecule has 0 saturated heterocycles. The Morgan fingerprint density at radius 2 is 2.00 bits per heavy atom. The standard InChI is InChI=1S/C13H21N3O/c1-10(15-3)9-16-12(17)13(2,14)11-7-5-4-6-8-11/h4-8,10,15H,9,14H2,1-3H3,(H,16,17). The van der Waals surface area contributed by atoms with Gasteiger partial charge in [-0.25, -0.2) is 0 Å². The summed E-state index contributed by atoms with van der Waals surface area (Å²) in [6, 6.07) is 9.61. The molecule has 4 N–H and O–H groups in total. The molecule has 4 heteroatoms. The van der Waals surface area contributed by atoms with E-state index in [1.54, 1.807) is 6.92 Å². The molecule has 0 radical (unpaired) electrons. The average molecular weight is 235 g/mol. The van der Waals surface area contributed by atoms with Crippen molar-refractivity contribution < 1.29 is 4.79 Å². The number of carbonyl (C=O) groups is 1. The van der Waals surface area contributed by atoms with Crippen LogP contribution in [0.1, 0.15) is 19.4 Å². The second-order valence-electron chi connectivity index (χ2n) is 4.47. The fourth-order valence-corrected chi connectivity index (χ4v) is 1.45. The molecule has 0 aliphatic heterocycles. The highest BCUT2D eigenvalue weighted by Gasteiger charge is 2.30. The lowest BCUT2D eigenvalue weighted by molar-refractivity contribution is -0.126. The summed E-state index contributed by atoms with van der Waals surface area (Å²) in [5, 5.41) is 5.90. The first-order chi connectivity index (χ1) is 7.98. The first kappa shape index (κ1) is 13.7. The highest BCUT2D eigenvalue weighted by Crippen LogP contribution is 2.17. The molecule has 0 bridgehead atoms. The second-order valence-corrected chi connectivity index (χ2v) is 4.47. The van der Waals surface area contributed by atoms with E-state index in [0.29, 0.717) is 6.54 Å². The van der Waals surface area contributed by atoms with E-state index in [1.165, 1.54) is 0 Å². The molecule has 0 aliphatic carbocycles. The third-order valence-electron chi connectivity index (χ3n) is 2.91. The smallest absolute Gasteiger partial charge is 0.244 e. The molecule has 0 heterocycles. The molecule has 2 atom stereocenters. The Hall–Kier alpha value is -1.39. The zero-order valence-corrected chi connectivity index (χ0v) is 10.7. The number of amides is 1. The Bertz CT molecular complexity index is 362. The van der Waals surface area contributed by atoms with Crippen LogP contribution in [0.5, 0.6) is 0 Å². The number of hydrogen-bond donors (Lipinski definition) is 3. The lowest BCUT2D eigenvalue weighted by atomic mass is 9.92. The lowest BCUT2D eigenvalue weighted by Gasteiger charge is -2.25. The average Bonchev–Trinajstić information content (AvgIpc) is 2.36. The maximum absolute atomic E-state index is 12.0. The summed E-state index contributed by atoms with van der Waals surface area (Å²) in [4.78, 5) is 12.0. The molecule has 4 nitrogen and oxygen atoms in total. The van der Waals surface area contributed by atoms with Gasteiger partial charge >= 0.3 is 0 Å². The van der Waals surface area contributed by atoms with Crippen molar-refractivity contribution >= 4 is 5.91 Å². The molecule has 0 fully saturated rings. The maximum atomic E-state index is 12.0. The Balaban J connectivity index is 2.67. The van der Waals surface area contributed by atoms with Crippen molar-refractivity contribution in [1.29, 1.82) is 0 Å². The first-order valence-electron chi connectivity index (χ1n) is 5.78. The van der Waals surface area contributed by atoms with E-state index in [2.05, 4.69) is 10.6 Å². The molecule has 17 heavy (non-hydrogen) atoms. The molecule has 1 amide bonds. The van der Waals surface area contributed by atoms with Crippen LogP contribution in [0.3, 0.4) is 0 Å². The molecule has 2 unspecified atom stereocenters. The van der Waals surface area contributed by atoms with Crippen molar-refractivity contribution in [1.82, 2.24) is 10.6 Å². The Labute approximate surface area is 103 Å². The van der Waals surface area contributed by atoms with Crippen molar-refractivity contribution in [3.05, 3.63) is 35.9 Å². The molecular weight excluding hydrogens is 214 g/mol. The van der Waals surface area contributed by atoms with Crippen LogP contribution in [-0.4, -0.2) is 25.5 Å². The third-order valence-corrected chi connectivity index (χ3v) is 2.91. The third kappa shape index (κ3) is 3.54. The van der Waals surface area contributed by atoms with Crippen LogP contribution < -0.4 is 16.4 Å². The molecule has 0 aromatic heterocycles. The van der Waals surface area contributed by atoms with E-state index in [-0.39, 0.29) is 11.9 Å². The highest BCUT2D eigenvalue weighted by molar-refractivity contribution is 5.86. The van der Waals surface area contributed by atoms with Crippen molar-refractivity contribution in [2.24, 2.45) is 5.73 Å². The van der Waals surface area contributed by atoms with Gasteiger partial charge in [0.15, 0.2) is 0 Å². The van der Waals surface area contributed by atoms with Crippen molar-refractivity contribution in [2.75, 3.05) is 13.6 Å². The number of benzene rings is 1. The van der Waals surface area contributed by atoms with Crippen LogP contribution in [-0.2, 0) is 10.3 Å². The minimum atomic E-state index is -0.991. The number of carbonyl (C=O) groups excluding carboxylic acids is 1. The molecule has 1 aromatic carbocycles. The lowest BCUT2D eigenvalue weighted by Crippen LogP contribution is -2.51. The molecule has 0 spiro atoms. The SMILES string of the molecule is CNC(C)CNC(=O)C(C)(N)c1ccccc1. The predicted molar refractivity (Wildman–Crippen MR) is 69.5 cm³/mol. The molecule has 94 valence electrons. The monoisotopic (exact) mass is 235 g/mol. The molecule has 1 aromatic rings. The van der Waals surface area contributed by atoms with Gasteiger partial charge < -0.3 is 16.4 Å². The molecular formula is C13H21N3O. The van der Waals surface area contributed by atoms with Gasteiger partial charge in [-0.05, 0) is 26.5 Å². The van der Waals surface area contributed by atoms with Gasteiger partial charge in [-0.2, -0.15) is 0 Å². The normalized spacial score (nSPS) is 16.0. The van der Waals surface area contributed by atoms with Gasteiger partial charge in [-0.15, -0.1) is 0 Å². The topological polar surface area (TPSA) is 67.1 Å². The van der Waals surface area contributed by atoms with Crippen LogP contribution in [0, 0.1) is 0 Å². The van der Waals surface area contributed by atoms with Gasteiger partial charge in [0.25, 0.3) is 0 Å². The second kappa shape index (κ2) is 5.80. The number of likely N-dealkylation sites (N-methyl/N-ethyl adjacent to an activating group) is 1. The number of nitrogens with one attached hydrogen (secondary N) is 2. The van der Waals surface area contributed by atoms with Crippen LogP contribution in [0.2, 0.25) is 0 Å². The predicted octanol–water partition coefficient (Wildman–Crippen LogP) is 0.585. The van der Waals surface area contributed by atoms with E-state index in [4.69, 9.17) is 5.73 Å². The summed E-state index contributed by atoms with van der Waals surface area (Å²) in [5.41, 5.74) is 5.90. The summed E-state index contributed by atoms with van der Waals surface area (Å²) in [6.07, 6.45) is 0. The van der Waals surface area contributed by atoms with E-state index in [9.17, 15) is 4.79 Å². The summed E-state index contributed by atoms with van der Waals surface area (Å²) < 4.78 is 0. The van der Waals surface area contributed by atoms with Crippen LogP contribution >= 0.6 is 0 Å². The summed E-state index contributed by atoms with van der Waals surface area (Å²) in [7, 11) is 1.86. The zero-order valence-electron chi connectivity index (χ0n) is 10.7. The number of hydrogen-bond acceptors (Lipinski definition) is 3. The fraction of sp³-hybridized carbons (Fsp3) is 0.462. The molecule has 0 aliphatic rings. The van der Waals surface area contributed by atoms with Gasteiger partial charge in [-0.3, -0.25) is 4.79 Å². The molecule has 0 saturated carbocycles. The van der Waals surface area contributed by atoms with Gasteiger partial charge in [0.2, 0.25) is 5.91 Å². The highest BCUT2D eigenvalue weighted by atomic mass is 16.2. The minimum absolute atomic E-state index is 0.161. The van der Waals surface area contributed by atoms with E-state index >= 15 is 0 Å². The zero-order chi connectivity index (χ0) is 12.9. The van der Waals surface area contributed by atoms with Crippen molar-refractivity contribution in [3.8, 4) is 0 Å². The fourth-order valence-electron chi connectivity index (χ4n) is 1.45. The van der Waals surface area contributed by atoms with Gasteiger partial charge in [0.1, 0.15) is 5.54 Å². The summed E-state index contributed by atoms with van der Waals surface area (Å²) >= 11 is 0. The summed E-state index contributed by atoms with van der Waals surface area (Å²) in [5.74, 6) is -0.161. The largest absolute Gasteiger partial charge is 0.353 e. The number of rotatable bonds is 5. The minimum Gasteiger partial charge on any atom is -0.353 e. The van der Waals surface area contributed by atoms with Crippen LogP contribution in [0.25, 0.3) is 0 Å². The van der Waals surface area contributed by atoms with Gasteiger partial charge in [0.05, 0.1) is 0 Å². The van der Waals surface area contributed by atoms with Crippen LogP contribution in [0.15, 0.2) is 30.3 Å². The van der Waals surface area contributed by atoms with E-state index < -0.39 is 5.54 Å².